The fourth-order valence-electron chi connectivity index (χ4n) is 2.03. The molecule has 3 nitrogen and oxygen atoms in total. The van der Waals surface area contributed by atoms with Crippen molar-refractivity contribution in [3.63, 3.8) is 0 Å². The number of nitrogens with zero attached hydrogens (tertiary/aromatic N) is 1. The minimum atomic E-state index is 0.261. The zero-order chi connectivity index (χ0) is 14.1. The van der Waals surface area contributed by atoms with E-state index in [9.17, 15) is 0 Å². The zero-order valence-electron chi connectivity index (χ0n) is 10.3. The molecule has 3 rings (SSSR count). The first-order valence-electron chi connectivity index (χ1n) is 5.92. The highest BCUT2D eigenvalue weighted by Crippen LogP contribution is 2.37. The molecule has 0 saturated carbocycles. The van der Waals surface area contributed by atoms with Crippen LogP contribution in [0.25, 0.3) is 22.4 Å². The Morgan fingerprint density at radius 1 is 0.900 bits per heavy atom. The number of aromatic nitrogens is 1. The van der Waals surface area contributed by atoms with Crippen molar-refractivity contribution in [3.05, 3.63) is 58.6 Å². The number of nitrogens with two attached hydrogens (primary N) is 1. The summed E-state index contributed by atoms with van der Waals surface area (Å²) < 4.78 is 5.13. The van der Waals surface area contributed by atoms with Crippen LogP contribution in [-0.2, 0) is 0 Å². The molecular weight excluding hydrogens is 295 g/mol. The Balaban J connectivity index is 2.17. The van der Waals surface area contributed by atoms with E-state index in [0.29, 0.717) is 15.7 Å². The van der Waals surface area contributed by atoms with Gasteiger partial charge in [0.05, 0.1) is 5.56 Å². The summed E-state index contributed by atoms with van der Waals surface area (Å²) in [6, 6.07) is 14.7. The van der Waals surface area contributed by atoms with Gasteiger partial charge in [-0.3, -0.25) is 0 Å². The Kier molecular flexibility index (Phi) is 3.38. The van der Waals surface area contributed by atoms with E-state index in [2.05, 4.69) is 5.16 Å². The summed E-state index contributed by atoms with van der Waals surface area (Å²) >= 11 is 11.9. The van der Waals surface area contributed by atoms with Gasteiger partial charge in [-0.05, 0) is 29.8 Å². The molecule has 2 N–H and O–H groups in total. The molecule has 0 aliphatic rings. The number of nitrogen functional groups attached to an aromatic ring is 1. The first-order chi connectivity index (χ1) is 9.65. The number of halogens is 2. The van der Waals surface area contributed by atoms with Gasteiger partial charge in [0.25, 0.3) is 0 Å². The Labute approximate surface area is 125 Å². The second-order valence-electron chi connectivity index (χ2n) is 4.29. The van der Waals surface area contributed by atoms with Crippen LogP contribution in [0.1, 0.15) is 0 Å². The van der Waals surface area contributed by atoms with E-state index < -0.39 is 0 Å². The molecule has 2 aromatic carbocycles. The third-order valence-electron chi connectivity index (χ3n) is 2.95. The second kappa shape index (κ2) is 5.19. The normalized spacial score (nSPS) is 10.7. The summed E-state index contributed by atoms with van der Waals surface area (Å²) in [5.41, 5.74) is 9.03. The van der Waals surface area contributed by atoms with Crippen molar-refractivity contribution < 1.29 is 4.52 Å². The Bertz CT molecular complexity index is 751. The van der Waals surface area contributed by atoms with Gasteiger partial charge in [-0.25, -0.2) is 0 Å². The SMILES string of the molecule is Nc1onc(-c2ccc(Cl)cc2)c1-c1cccc(Cl)c1. The molecule has 1 heterocycles. The monoisotopic (exact) mass is 304 g/mol. The topological polar surface area (TPSA) is 52.0 Å². The quantitative estimate of drug-likeness (QED) is 0.732. The van der Waals surface area contributed by atoms with Crippen LogP contribution >= 0.6 is 23.2 Å². The summed E-state index contributed by atoms with van der Waals surface area (Å²) in [7, 11) is 0. The first kappa shape index (κ1) is 13.0. The molecule has 1 aromatic heterocycles. The maximum absolute atomic E-state index is 6.02. The third-order valence-corrected chi connectivity index (χ3v) is 3.44. The molecule has 0 aliphatic heterocycles. The molecule has 0 spiro atoms. The molecule has 0 atom stereocenters. The predicted octanol–water partition coefficient (Wildman–Crippen LogP) is 4.90. The van der Waals surface area contributed by atoms with Crippen molar-refractivity contribution in [2.24, 2.45) is 0 Å². The van der Waals surface area contributed by atoms with Gasteiger partial charge in [-0.1, -0.05) is 52.6 Å². The van der Waals surface area contributed by atoms with Crippen LogP contribution in [0.3, 0.4) is 0 Å². The van der Waals surface area contributed by atoms with Gasteiger partial charge >= 0.3 is 0 Å². The molecule has 0 saturated heterocycles. The van der Waals surface area contributed by atoms with E-state index in [1.807, 2.05) is 30.3 Å². The maximum Gasteiger partial charge on any atom is 0.230 e. The van der Waals surface area contributed by atoms with Gasteiger partial charge in [0.15, 0.2) is 0 Å². The molecule has 3 aromatic rings. The van der Waals surface area contributed by atoms with E-state index in [0.717, 1.165) is 16.7 Å². The Morgan fingerprint density at radius 2 is 1.65 bits per heavy atom. The van der Waals surface area contributed by atoms with Crippen LogP contribution in [0.2, 0.25) is 10.0 Å². The zero-order valence-corrected chi connectivity index (χ0v) is 11.8. The van der Waals surface area contributed by atoms with Gasteiger partial charge in [0.2, 0.25) is 5.88 Å². The van der Waals surface area contributed by atoms with E-state index >= 15 is 0 Å². The highest BCUT2D eigenvalue weighted by Gasteiger charge is 2.17. The molecule has 0 unspecified atom stereocenters. The third kappa shape index (κ3) is 2.38. The maximum atomic E-state index is 6.02. The highest BCUT2D eigenvalue weighted by atomic mass is 35.5. The highest BCUT2D eigenvalue weighted by molar-refractivity contribution is 6.31. The molecule has 20 heavy (non-hydrogen) atoms. The van der Waals surface area contributed by atoms with Crippen LogP contribution in [0, 0.1) is 0 Å². The molecular formula is C15H10Cl2N2O. The van der Waals surface area contributed by atoms with Crippen molar-refractivity contribution in [2.45, 2.75) is 0 Å². The minimum Gasteiger partial charge on any atom is -0.367 e. The average Bonchev–Trinajstić information content (AvgIpc) is 2.81. The fourth-order valence-corrected chi connectivity index (χ4v) is 2.35. The lowest BCUT2D eigenvalue weighted by Crippen LogP contribution is -1.87. The summed E-state index contributed by atoms with van der Waals surface area (Å²) in [6.07, 6.45) is 0. The molecule has 0 amide bonds. The Morgan fingerprint density at radius 3 is 2.35 bits per heavy atom. The van der Waals surface area contributed by atoms with Crippen molar-refractivity contribution in [1.29, 1.82) is 0 Å². The molecule has 0 radical (unpaired) electrons. The van der Waals surface area contributed by atoms with Crippen molar-refractivity contribution >= 4 is 29.1 Å². The smallest absolute Gasteiger partial charge is 0.230 e. The Hall–Kier alpha value is -1.97. The first-order valence-corrected chi connectivity index (χ1v) is 6.68. The summed E-state index contributed by atoms with van der Waals surface area (Å²) in [6.45, 7) is 0. The number of hydrogen-bond acceptors (Lipinski definition) is 3. The lowest BCUT2D eigenvalue weighted by atomic mass is 10.0. The minimum absolute atomic E-state index is 0.261. The van der Waals surface area contributed by atoms with Crippen LogP contribution in [-0.4, -0.2) is 5.16 Å². The van der Waals surface area contributed by atoms with Crippen LogP contribution in [0.5, 0.6) is 0 Å². The van der Waals surface area contributed by atoms with E-state index in [-0.39, 0.29) is 5.88 Å². The average molecular weight is 305 g/mol. The van der Waals surface area contributed by atoms with Gasteiger partial charge in [0, 0.05) is 15.6 Å². The van der Waals surface area contributed by atoms with Gasteiger partial charge in [-0.15, -0.1) is 0 Å². The number of benzene rings is 2. The lowest BCUT2D eigenvalue weighted by Gasteiger charge is -2.03. The fraction of sp³-hybridized carbons (Fsp3) is 0. The number of anilines is 1. The molecule has 100 valence electrons. The molecule has 0 bridgehead atoms. The van der Waals surface area contributed by atoms with E-state index in [1.165, 1.54) is 0 Å². The predicted molar refractivity (Wildman–Crippen MR) is 81.8 cm³/mol. The number of hydrogen-bond donors (Lipinski definition) is 1. The van der Waals surface area contributed by atoms with Crippen LogP contribution < -0.4 is 5.73 Å². The van der Waals surface area contributed by atoms with Crippen molar-refractivity contribution in [2.75, 3.05) is 5.73 Å². The van der Waals surface area contributed by atoms with E-state index in [4.69, 9.17) is 33.5 Å². The van der Waals surface area contributed by atoms with E-state index in [1.54, 1.807) is 18.2 Å². The summed E-state index contributed by atoms with van der Waals surface area (Å²) in [5.74, 6) is 0.261. The van der Waals surface area contributed by atoms with Gasteiger partial charge in [-0.2, -0.15) is 0 Å². The number of rotatable bonds is 2. The lowest BCUT2D eigenvalue weighted by molar-refractivity contribution is 0.439. The van der Waals surface area contributed by atoms with Crippen LogP contribution in [0.15, 0.2) is 53.1 Å². The standard InChI is InChI=1S/C15H10Cl2N2O/c16-11-6-4-9(5-7-11)14-13(15(18)20-19-14)10-2-1-3-12(17)8-10/h1-8H,18H2. The van der Waals surface area contributed by atoms with Gasteiger partial charge < -0.3 is 10.3 Å². The summed E-state index contributed by atoms with van der Waals surface area (Å²) in [5, 5.41) is 5.33. The molecule has 5 heteroatoms. The van der Waals surface area contributed by atoms with Crippen LogP contribution in [0.4, 0.5) is 5.88 Å². The second-order valence-corrected chi connectivity index (χ2v) is 5.16. The summed E-state index contributed by atoms with van der Waals surface area (Å²) in [4.78, 5) is 0. The van der Waals surface area contributed by atoms with Crippen molar-refractivity contribution in [1.82, 2.24) is 5.16 Å². The largest absolute Gasteiger partial charge is 0.367 e. The molecule has 0 aliphatic carbocycles. The van der Waals surface area contributed by atoms with Crippen molar-refractivity contribution in [3.8, 4) is 22.4 Å². The van der Waals surface area contributed by atoms with Gasteiger partial charge in [0.1, 0.15) is 5.69 Å². The molecule has 0 fully saturated rings.